The number of carbonyl (C=O) groups is 1. The Morgan fingerprint density at radius 1 is 1.38 bits per heavy atom. The van der Waals surface area contributed by atoms with E-state index in [0.717, 1.165) is 25.9 Å². The van der Waals surface area contributed by atoms with Crippen LogP contribution in [0.1, 0.15) is 45.4 Å². The molecule has 74 valence electrons. The van der Waals surface area contributed by atoms with Crippen LogP contribution >= 0.6 is 0 Å². The maximum atomic E-state index is 11.6. The first-order valence-electron chi connectivity index (χ1n) is 5.54. The molecule has 0 aromatic heterocycles. The van der Waals surface area contributed by atoms with Gasteiger partial charge in [-0.1, -0.05) is 6.92 Å². The predicted molar refractivity (Wildman–Crippen MR) is 52.4 cm³/mol. The van der Waals surface area contributed by atoms with Gasteiger partial charge in [0, 0.05) is 19.5 Å². The fourth-order valence-corrected chi connectivity index (χ4v) is 2.38. The Morgan fingerprint density at radius 3 is 2.77 bits per heavy atom. The summed E-state index contributed by atoms with van der Waals surface area (Å²) in [5.74, 6) is 0.383. The molecule has 2 aliphatic rings. The van der Waals surface area contributed by atoms with Crippen LogP contribution in [-0.2, 0) is 4.79 Å². The molecule has 0 atom stereocenters. The molecule has 0 aromatic carbocycles. The molecule has 2 nitrogen and oxygen atoms in total. The smallest absolute Gasteiger partial charge is 0.222 e. The molecule has 1 saturated carbocycles. The largest absolute Gasteiger partial charge is 0.342 e. The monoisotopic (exact) mass is 181 g/mol. The van der Waals surface area contributed by atoms with Crippen LogP contribution in [0.4, 0.5) is 0 Å². The minimum atomic E-state index is 0.383. The number of likely N-dealkylation sites (tertiary alicyclic amines) is 1. The molecule has 13 heavy (non-hydrogen) atoms. The van der Waals surface area contributed by atoms with Gasteiger partial charge in [0.15, 0.2) is 0 Å². The number of carbonyl (C=O) groups excluding carboxylic acids is 1. The van der Waals surface area contributed by atoms with Crippen molar-refractivity contribution in [1.29, 1.82) is 0 Å². The lowest BCUT2D eigenvalue weighted by atomic mass is 9.95. The second-order valence-corrected chi connectivity index (χ2v) is 4.67. The highest BCUT2D eigenvalue weighted by molar-refractivity contribution is 5.76. The van der Waals surface area contributed by atoms with Crippen LogP contribution in [0, 0.1) is 5.41 Å². The van der Waals surface area contributed by atoms with E-state index in [1.165, 1.54) is 25.7 Å². The van der Waals surface area contributed by atoms with E-state index < -0.39 is 0 Å². The molecule has 0 aromatic rings. The molecule has 1 spiro atoms. The minimum Gasteiger partial charge on any atom is -0.342 e. The number of rotatable bonds is 2. The van der Waals surface area contributed by atoms with Gasteiger partial charge in [0.1, 0.15) is 0 Å². The van der Waals surface area contributed by atoms with E-state index in [9.17, 15) is 4.79 Å². The van der Waals surface area contributed by atoms with Crippen molar-refractivity contribution in [1.82, 2.24) is 4.90 Å². The van der Waals surface area contributed by atoms with Crippen molar-refractivity contribution in [2.24, 2.45) is 5.41 Å². The first kappa shape index (κ1) is 9.04. The third-order valence-corrected chi connectivity index (χ3v) is 3.44. The average Bonchev–Trinajstić information content (AvgIpc) is 2.85. The lowest BCUT2D eigenvalue weighted by Crippen LogP contribution is -2.40. The molecular weight excluding hydrogens is 162 g/mol. The highest BCUT2D eigenvalue weighted by atomic mass is 16.2. The lowest BCUT2D eigenvalue weighted by molar-refractivity contribution is -0.133. The zero-order valence-corrected chi connectivity index (χ0v) is 8.51. The van der Waals surface area contributed by atoms with Gasteiger partial charge >= 0.3 is 0 Å². The van der Waals surface area contributed by atoms with E-state index in [2.05, 4.69) is 11.8 Å². The predicted octanol–water partition coefficient (Wildman–Crippen LogP) is 2.19. The molecule has 2 fully saturated rings. The second kappa shape index (κ2) is 3.32. The van der Waals surface area contributed by atoms with Crippen molar-refractivity contribution >= 4 is 5.91 Å². The summed E-state index contributed by atoms with van der Waals surface area (Å²) < 4.78 is 0. The first-order chi connectivity index (χ1) is 6.26. The van der Waals surface area contributed by atoms with Crippen molar-refractivity contribution in [3.05, 3.63) is 0 Å². The Balaban J connectivity index is 1.88. The number of piperidine rings is 1. The standard InChI is InChI=1S/C11H19NO/c1-2-4-10(13)12-8-3-5-11(9-12)6-7-11/h2-9H2,1H3. The van der Waals surface area contributed by atoms with Gasteiger partial charge in [-0.3, -0.25) is 4.79 Å². The summed E-state index contributed by atoms with van der Waals surface area (Å²) in [7, 11) is 0. The molecule has 1 heterocycles. The van der Waals surface area contributed by atoms with Gasteiger partial charge in [0.25, 0.3) is 0 Å². The highest BCUT2D eigenvalue weighted by Gasteiger charge is 2.46. The van der Waals surface area contributed by atoms with Gasteiger partial charge < -0.3 is 4.90 Å². The van der Waals surface area contributed by atoms with Crippen LogP contribution in [0.3, 0.4) is 0 Å². The molecular formula is C11H19NO. The fraction of sp³-hybridized carbons (Fsp3) is 0.909. The molecule has 1 amide bonds. The van der Waals surface area contributed by atoms with Crippen molar-refractivity contribution < 1.29 is 4.79 Å². The number of hydrogen-bond acceptors (Lipinski definition) is 1. The average molecular weight is 181 g/mol. The zero-order chi connectivity index (χ0) is 9.31. The maximum Gasteiger partial charge on any atom is 0.222 e. The fourth-order valence-electron chi connectivity index (χ4n) is 2.38. The van der Waals surface area contributed by atoms with Gasteiger partial charge in [0.2, 0.25) is 5.91 Å². The third kappa shape index (κ3) is 1.87. The van der Waals surface area contributed by atoms with Crippen molar-refractivity contribution in [2.45, 2.75) is 45.4 Å². The zero-order valence-electron chi connectivity index (χ0n) is 8.51. The summed E-state index contributed by atoms with van der Waals surface area (Å²) in [5.41, 5.74) is 0.585. The summed E-state index contributed by atoms with van der Waals surface area (Å²) in [5, 5.41) is 0. The molecule has 1 aliphatic heterocycles. The molecule has 0 N–H and O–H groups in total. The third-order valence-electron chi connectivity index (χ3n) is 3.44. The number of nitrogens with zero attached hydrogens (tertiary/aromatic N) is 1. The molecule has 1 saturated heterocycles. The van der Waals surface area contributed by atoms with Crippen LogP contribution in [-0.4, -0.2) is 23.9 Å². The van der Waals surface area contributed by atoms with E-state index in [-0.39, 0.29) is 0 Å². The van der Waals surface area contributed by atoms with E-state index in [4.69, 9.17) is 0 Å². The van der Waals surface area contributed by atoms with E-state index in [1.54, 1.807) is 0 Å². The molecule has 2 rings (SSSR count). The Morgan fingerprint density at radius 2 is 2.15 bits per heavy atom. The Hall–Kier alpha value is -0.530. The minimum absolute atomic E-state index is 0.383. The molecule has 0 radical (unpaired) electrons. The van der Waals surface area contributed by atoms with Crippen molar-refractivity contribution in [3.63, 3.8) is 0 Å². The number of hydrogen-bond donors (Lipinski definition) is 0. The summed E-state index contributed by atoms with van der Waals surface area (Å²) in [6, 6.07) is 0. The molecule has 1 aliphatic carbocycles. The topological polar surface area (TPSA) is 20.3 Å². The Bertz CT molecular complexity index is 208. The first-order valence-corrected chi connectivity index (χ1v) is 5.54. The summed E-state index contributed by atoms with van der Waals surface area (Å²) in [6.07, 6.45) is 7.06. The van der Waals surface area contributed by atoms with Crippen molar-refractivity contribution in [2.75, 3.05) is 13.1 Å². The van der Waals surface area contributed by atoms with Gasteiger partial charge in [-0.15, -0.1) is 0 Å². The Labute approximate surface area is 80.3 Å². The van der Waals surface area contributed by atoms with Crippen LogP contribution < -0.4 is 0 Å². The molecule has 0 unspecified atom stereocenters. The van der Waals surface area contributed by atoms with Gasteiger partial charge in [-0.05, 0) is 37.5 Å². The van der Waals surface area contributed by atoms with Crippen LogP contribution in [0.15, 0.2) is 0 Å². The summed E-state index contributed by atoms with van der Waals surface area (Å²) in [6.45, 7) is 4.15. The van der Waals surface area contributed by atoms with E-state index in [0.29, 0.717) is 11.3 Å². The van der Waals surface area contributed by atoms with Crippen LogP contribution in [0.25, 0.3) is 0 Å². The molecule has 0 bridgehead atoms. The van der Waals surface area contributed by atoms with Crippen LogP contribution in [0.5, 0.6) is 0 Å². The van der Waals surface area contributed by atoms with Gasteiger partial charge in [0.05, 0.1) is 0 Å². The van der Waals surface area contributed by atoms with Crippen LogP contribution in [0.2, 0.25) is 0 Å². The van der Waals surface area contributed by atoms with Crippen molar-refractivity contribution in [3.8, 4) is 0 Å². The highest BCUT2D eigenvalue weighted by Crippen LogP contribution is 2.52. The normalized spacial score (nSPS) is 24.8. The quantitative estimate of drug-likeness (QED) is 0.639. The second-order valence-electron chi connectivity index (χ2n) is 4.67. The van der Waals surface area contributed by atoms with E-state index in [1.807, 2.05) is 0 Å². The summed E-state index contributed by atoms with van der Waals surface area (Å²) >= 11 is 0. The molecule has 2 heteroatoms. The number of amides is 1. The Kier molecular flexibility index (Phi) is 2.31. The lowest BCUT2D eigenvalue weighted by Gasteiger charge is -2.33. The van der Waals surface area contributed by atoms with Gasteiger partial charge in [-0.2, -0.15) is 0 Å². The maximum absolute atomic E-state index is 11.6. The van der Waals surface area contributed by atoms with Gasteiger partial charge in [-0.25, -0.2) is 0 Å². The van der Waals surface area contributed by atoms with E-state index >= 15 is 0 Å². The SMILES string of the molecule is CCCC(=O)N1CCCC2(CC2)C1. The summed E-state index contributed by atoms with van der Waals surface area (Å²) in [4.78, 5) is 13.7.